The molecule has 3 aliphatic rings. The SMILES string of the molecule is CC1CCC(NC(=O)C2(C)Cn3c(cc4sccc43)C(=O)N2Cc2ccc3c(c2)OCO3)CC1. The van der Waals surface area contributed by atoms with Crippen molar-refractivity contribution in [3.8, 4) is 11.5 Å². The number of ether oxygens (including phenoxy) is 2. The zero-order chi connectivity index (χ0) is 23.4. The van der Waals surface area contributed by atoms with E-state index in [1.165, 1.54) is 0 Å². The molecule has 1 N–H and O–H groups in total. The maximum absolute atomic E-state index is 13.9. The van der Waals surface area contributed by atoms with E-state index < -0.39 is 5.54 Å². The summed E-state index contributed by atoms with van der Waals surface area (Å²) in [5.74, 6) is 1.88. The van der Waals surface area contributed by atoms with Crippen LogP contribution in [0.4, 0.5) is 0 Å². The van der Waals surface area contributed by atoms with Gasteiger partial charge in [-0.2, -0.15) is 0 Å². The van der Waals surface area contributed by atoms with E-state index in [1.807, 2.05) is 47.2 Å². The van der Waals surface area contributed by atoms with Crippen molar-refractivity contribution in [2.75, 3.05) is 6.79 Å². The lowest BCUT2D eigenvalue weighted by molar-refractivity contribution is -0.134. The molecule has 0 radical (unpaired) electrons. The molecule has 1 aliphatic carbocycles. The van der Waals surface area contributed by atoms with Gasteiger partial charge in [0.25, 0.3) is 5.91 Å². The fourth-order valence-electron chi connectivity index (χ4n) is 5.49. The number of carbonyl (C=O) groups is 2. The van der Waals surface area contributed by atoms with Gasteiger partial charge < -0.3 is 24.3 Å². The molecule has 6 rings (SSSR count). The van der Waals surface area contributed by atoms with Crippen LogP contribution in [0.15, 0.2) is 35.7 Å². The van der Waals surface area contributed by atoms with Crippen molar-refractivity contribution in [1.29, 1.82) is 0 Å². The van der Waals surface area contributed by atoms with E-state index in [4.69, 9.17) is 9.47 Å². The summed E-state index contributed by atoms with van der Waals surface area (Å²) < 4.78 is 14.1. The van der Waals surface area contributed by atoms with Crippen molar-refractivity contribution in [1.82, 2.24) is 14.8 Å². The third-order valence-electron chi connectivity index (χ3n) is 7.67. The normalized spacial score (nSPS) is 26.1. The molecular weight excluding hydrogens is 450 g/mol. The third kappa shape index (κ3) is 3.47. The van der Waals surface area contributed by atoms with Gasteiger partial charge in [-0.1, -0.05) is 13.0 Å². The van der Waals surface area contributed by atoms with Gasteiger partial charge >= 0.3 is 0 Å². The summed E-state index contributed by atoms with van der Waals surface area (Å²) in [6.07, 6.45) is 4.23. The van der Waals surface area contributed by atoms with Crippen molar-refractivity contribution in [3.63, 3.8) is 0 Å². The number of nitrogens with one attached hydrogen (secondary N) is 1. The first-order valence-electron chi connectivity index (χ1n) is 12.0. The Hall–Kier alpha value is -3.00. The smallest absolute Gasteiger partial charge is 0.271 e. The van der Waals surface area contributed by atoms with E-state index in [-0.39, 0.29) is 24.6 Å². The van der Waals surface area contributed by atoms with Crippen LogP contribution in [0.25, 0.3) is 10.2 Å². The van der Waals surface area contributed by atoms with E-state index in [0.29, 0.717) is 36.2 Å². The van der Waals surface area contributed by atoms with Gasteiger partial charge in [-0.3, -0.25) is 9.59 Å². The quantitative estimate of drug-likeness (QED) is 0.596. The minimum Gasteiger partial charge on any atom is -0.454 e. The number of thiophene rings is 1. The molecule has 2 aliphatic heterocycles. The van der Waals surface area contributed by atoms with Gasteiger partial charge in [0.05, 0.1) is 16.8 Å². The third-order valence-corrected chi connectivity index (χ3v) is 8.52. The van der Waals surface area contributed by atoms with Gasteiger partial charge in [-0.15, -0.1) is 11.3 Å². The Balaban J connectivity index is 1.35. The van der Waals surface area contributed by atoms with Crippen molar-refractivity contribution in [2.24, 2.45) is 5.92 Å². The zero-order valence-electron chi connectivity index (χ0n) is 19.5. The van der Waals surface area contributed by atoms with Gasteiger partial charge in [0.2, 0.25) is 12.7 Å². The highest BCUT2D eigenvalue weighted by atomic mass is 32.1. The summed E-state index contributed by atoms with van der Waals surface area (Å²) in [6.45, 7) is 5.12. The molecule has 8 heteroatoms. The fourth-order valence-corrected chi connectivity index (χ4v) is 6.31. The van der Waals surface area contributed by atoms with Gasteiger partial charge in [-0.25, -0.2) is 0 Å². The van der Waals surface area contributed by atoms with Crippen LogP contribution in [-0.2, 0) is 17.9 Å². The monoisotopic (exact) mass is 479 g/mol. The number of benzene rings is 1. The molecule has 2 amide bonds. The first kappa shape index (κ1) is 21.5. The molecule has 34 heavy (non-hydrogen) atoms. The highest BCUT2D eigenvalue weighted by Gasteiger charge is 2.48. The second-order valence-electron chi connectivity index (χ2n) is 10.1. The van der Waals surface area contributed by atoms with Crippen LogP contribution < -0.4 is 14.8 Å². The highest BCUT2D eigenvalue weighted by Crippen LogP contribution is 2.37. The highest BCUT2D eigenvalue weighted by molar-refractivity contribution is 7.17. The van der Waals surface area contributed by atoms with E-state index in [1.54, 1.807) is 16.2 Å². The molecule has 1 fully saturated rings. The molecular formula is C26H29N3O4S. The average Bonchev–Trinajstić information content (AvgIpc) is 3.55. The average molecular weight is 480 g/mol. The summed E-state index contributed by atoms with van der Waals surface area (Å²) in [7, 11) is 0. The first-order chi connectivity index (χ1) is 16.4. The van der Waals surface area contributed by atoms with Crippen LogP contribution in [0, 0.1) is 5.92 Å². The van der Waals surface area contributed by atoms with Crippen molar-refractivity contribution < 1.29 is 19.1 Å². The van der Waals surface area contributed by atoms with Gasteiger partial charge in [0.15, 0.2) is 11.5 Å². The Morgan fingerprint density at radius 3 is 2.76 bits per heavy atom. The summed E-state index contributed by atoms with van der Waals surface area (Å²) in [5, 5.41) is 5.33. The summed E-state index contributed by atoms with van der Waals surface area (Å²) in [6, 6.07) is 9.86. The summed E-state index contributed by atoms with van der Waals surface area (Å²) in [5.41, 5.74) is 1.54. The molecule has 0 spiro atoms. The summed E-state index contributed by atoms with van der Waals surface area (Å²) >= 11 is 1.62. The number of nitrogens with zero attached hydrogens (tertiary/aromatic N) is 2. The molecule has 0 bridgehead atoms. The molecule has 2 aromatic heterocycles. The zero-order valence-corrected chi connectivity index (χ0v) is 20.3. The second-order valence-corrected chi connectivity index (χ2v) is 11.0. The van der Waals surface area contributed by atoms with E-state index >= 15 is 0 Å². The Kier molecular flexibility index (Phi) is 5.09. The minimum atomic E-state index is -1.02. The molecule has 7 nitrogen and oxygen atoms in total. The number of hydrogen-bond acceptors (Lipinski definition) is 5. The Morgan fingerprint density at radius 1 is 1.15 bits per heavy atom. The largest absolute Gasteiger partial charge is 0.454 e. The maximum atomic E-state index is 13.9. The lowest BCUT2D eigenvalue weighted by Gasteiger charge is -2.45. The van der Waals surface area contributed by atoms with Crippen molar-refractivity contribution in [2.45, 2.75) is 64.2 Å². The number of rotatable bonds is 4. The number of amides is 2. The van der Waals surface area contributed by atoms with Crippen LogP contribution in [0.5, 0.6) is 11.5 Å². The lowest BCUT2D eigenvalue weighted by atomic mass is 9.86. The number of carbonyl (C=O) groups excluding carboxylic acids is 2. The molecule has 1 aromatic carbocycles. The Bertz CT molecular complexity index is 1270. The van der Waals surface area contributed by atoms with Gasteiger partial charge in [-0.05, 0) is 73.7 Å². The van der Waals surface area contributed by atoms with E-state index in [0.717, 1.165) is 41.5 Å². The topological polar surface area (TPSA) is 72.8 Å². The minimum absolute atomic E-state index is 0.0797. The van der Waals surface area contributed by atoms with E-state index in [9.17, 15) is 9.59 Å². The molecule has 1 saturated carbocycles. The standard InChI is InChI=1S/C26H29N3O4S/c1-16-3-6-18(7-4-16)27-25(31)26(2)14-28-19-9-10-34-23(19)12-20(28)24(30)29(26)13-17-5-8-21-22(11-17)33-15-32-21/h5,8-12,16,18H,3-4,6-7,13-15H2,1-2H3,(H,27,31). The fraction of sp³-hybridized carbons (Fsp3) is 0.462. The van der Waals surface area contributed by atoms with Crippen molar-refractivity contribution >= 4 is 33.4 Å². The van der Waals surface area contributed by atoms with Crippen LogP contribution in [-0.4, -0.2) is 39.7 Å². The second kappa shape index (κ2) is 8.05. The first-order valence-corrected chi connectivity index (χ1v) is 12.9. The lowest BCUT2D eigenvalue weighted by Crippen LogP contribution is -2.64. The molecule has 4 heterocycles. The molecule has 1 unspecified atom stereocenters. The Labute approximate surface area is 202 Å². The van der Waals surface area contributed by atoms with Crippen molar-refractivity contribution in [3.05, 3.63) is 47.0 Å². The summed E-state index contributed by atoms with van der Waals surface area (Å²) in [4.78, 5) is 29.4. The van der Waals surface area contributed by atoms with Crippen LogP contribution in [0.2, 0.25) is 0 Å². The molecule has 0 saturated heterocycles. The molecule has 1 atom stereocenters. The predicted molar refractivity (Wildman–Crippen MR) is 130 cm³/mol. The van der Waals surface area contributed by atoms with Crippen LogP contribution in [0.3, 0.4) is 0 Å². The molecule has 3 aromatic rings. The van der Waals surface area contributed by atoms with Crippen LogP contribution >= 0.6 is 11.3 Å². The Morgan fingerprint density at radius 2 is 1.94 bits per heavy atom. The number of aromatic nitrogens is 1. The van der Waals surface area contributed by atoms with Crippen LogP contribution in [0.1, 0.15) is 55.6 Å². The number of hydrogen-bond donors (Lipinski definition) is 1. The van der Waals surface area contributed by atoms with Gasteiger partial charge in [0, 0.05) is 12.6 Å². The predicted octanol–water partition coefficient (Wildman–Crippen LogP) is 4.54. The van der Waals surface area contributed by atoms with Gasteiger partial charge in [0.1, 0.15) is 11.2 Å². The number of fused-ring (bicyclic) bond motifs is 4. The molecule has 178 valence electrons. The maximum Gasteiger partial charge on any atom is 0.271 e. The van der Waals surface area contributed by atoms with E-state index in [2.05, 4.69) is 12.2 Å².